The summed E-state index contributed by atoms with van der Waals surface area (Å²) >= 11 is 9.76. The van der Waals surface area contributed by atoms with Gasteiger partial charge in [-0.05, 0) is 83.6 Å². The summed E-state index contributed by atoms with van der Waals surface area (Å²) in [4.78, 5) is 66.9. The maximum absolute atomic E-state index is 13.9. The lowest BCUT2D eigenvalue weighted by molar-refractivity contribution is -0.123. The normalized spacial score (nSPS) is 26.2. The Bertz CT molecular complexity index is 1620. The van der Waals surface area contributed by atoms with Crippen LogP contribution >= 0.6 is 27.5 Å². The Morgan fingerprint density at radius 2 is 1.74 bits per heavy atom. The summed E-state index contributed by atoms with van der Waals surface area (Å²) in [6.07, 6.45) is 3.59. The molecule has 196 valence electrons. The second-order valence-electron chi connectivity index (χ2n) is 10.2. The fourth-order valence-electron chi connectivity index (χ4n) is 6.41. The molecule has 2 amide bonds. The molecule has 4 atom stereocenters. The minimum atomic E-state index is -0.731. The van der Waals surface area contributed by atoms with Crippen molar-refractivity contribution in [1.82, 2.24) is 0 Å². The van der Waals surface area contributed by atoms with Crippen LogP contribution < -0.4 is 4.90 Å². The van der Waals surface area contributed by atoms with Crippen LogP contribution in [0.4, 0.5) is 5.69 Å². The van der Waals surface area contributed by atoms with E-state index >= 15 is 0 Å². The van der Waals surface area contributed by atoms with Crippen LogP contribution in [-0.4, -0.2) is 34.3 Å². The Kier molecular flexibility index (Phi) is 6.08. The lowest BCUT2D eigenvalue weighted by Gasteiger charge is -2.42. The molecule has 9 heteroatoms. The molecule has 4 aliphatic rings. The van der Waals surface area contributed by atoms with Gasteiger partial charge in [-0.2, -0.15) is 0 Å². The summed E-state index contributed by atoms with van der Waals surface area (Å²) in [6.45, 7) is 1.44. The molecule has 1 aliphatic heterocycles. The number of benzene rings is 2. The number of rotatable bonds is 3. The first kappa shape index (κ1) is 25.6. The van der Waals surface area contributed by atoms with Crippen molar-refractivity contribution in [2.45, 2.75) is 25.7 Å². The van der Waals surface area contributed by atoms with Crippen molar-refractivity contribution in [2.24, 2.45) is 17.8 Å². The quantitative estimate of drug-likeness (QED) is 0.222. The number of phenols is 1. The molecule has 2 aromatic carbocycles. The van der Waals surface area contributed by atoms with Gasteiger partial charge in [0.05, 0.1) is 22.0 Å². The maximum Gasteiger partial charge on any atom is 0.238 e. The topological polar surface area (TPSA) is 109 Å². The number of nitrogens with zero attached hydrogens (tertiary/aromatic N) is 1. The standard InChI is InChI=1S/C30H21BrClNO6/c1-13(34)14-2-4-15(5-3-14)33-29(38)19-9-8-17-20(26(19)30(33)39)11-21-27(24(36)12-22(31)28(21)37)25(17)18-7-6-16(35)10-23(18)32/h2-8,10,12,19-20,25-26,35H,9,11H2,1H3/t19-,20+,25+,26-/m0/s1. The predicted octanol–water partition coefficient (Wildman–Crippen LogP) is 5.21. The highest BCUT2D eigenvalue weighted by Crippen LogP contribution is 2.56. The van der Waals surface area contributed by atoms with Gasteiger partial charge in [0, 0.05) is 33.7 Å². The highest BCUT2D eigenvalue weighted by molar-refractivity contribution is 9.12. The number of fused-ring (bicyclic) bond motifs is 3. The summed E-state index contributed by atoms with van der Waals surface area (Å²) in [7, 11) is 0. The van der Waals surface area contributed by atoms with Gasteiger partial charge in [0.15, 0.2) is 17.3 Å². The number of hydrogen-bond donors (Lipinski definition) is 1. The summed E-state index contributed by atoms with van der Waals surface area (Å²) in [6, 6.07) is 10.8. The Morgan fingerprint density at radius 1 is 1.03 bits per heavy atom. The zero-order valence-electron chi connectivity index (χ0n) is 20.6. The molecule has 0 bridgehead atoms. The number of ketones is 3. The SMILES string of the molecule is CC(=O)c1ccc(N2C(=O)[C@H]3[C@H](CC=C4[C@H](c5ccc(O)cc5Cl)C5=C(C[C@H]43)C(=O)C(Br)=CC5=O)C2=O)cc1. The van der Waals surface area contributed by atoms with Crippen LogP contribution in [0, 0.1) is 17.8 Å². The van der Waals surface area contributed by atoms with Crippen LogP contribution in [0.3, 0.4) is 0 Å². The molecule has 0 unspecified atom stereocenters. The smallest absolute Gasteiger partial charge is 0.238 e. The lowest BCUT2D eigenvalue weighted by atomic mass is 9.59. The van der Waals surface area contributed by atoms with Gasteiger partial charge in [-0.1, -0.05) is 29.3 Å². The van der Waals surface area contributed by atoms with E-state index in [1.54, 1.807) is 30.3 Å². The number of halogens is 2. The van der Waals surface area contributed by atoms with E-state index in [0.717, 1.165) is 5.57 Å². The third kappa shape index (κ3) is 3.88. The summed E-state index contributed by atoms with van der Waals surface area (Å²) in [5.41, 5.74) is 2.77. The van der Waals surface area contributed by atoms with E-state index in [-0.39, 0.29) is 50.8 Å². The van der Waals surface area contributed by atoms with Crippen molar-refractivity contribution in [3.63, 3.8) is 0 Å². The van der Waals surface area contributed by atoms with Gasteiger partial charge < -0.3 is 5.11 Å². The number of carbonyl (C=O) groups is 5. The molecular formula is C30H21BrClNO6. The van der Waals surface area contributed by atoms with Gasteiger partial charge in [-0.25, -0.2) is 0 Å². The van der Waals surface area contributed by atoms with Gasteiger partial charge in [0.1, 0.15) is 5.75 Å². The largest absolute Gasteiger partial charge is 0.508 e. The predicted molar refractivity (Wildman–Crippen MR) is 147 cm³/mol. The molecule has 0 radical (unpaired) electrons. The van der Waals surface area contributed by atoms with Gasteiger partial charge >= 0.3 is 0 Å². The second-order valence-corrected chi connectivity index (χ2v) is 11.5. The van der Waals surface area contributed by atoms with Crippen molar-refractivity contribution in [3.05, 3.63) is 92.0 Å². The number of carbonyl (C=O) groups excluding carboxylic acids is 5. The fraction of sp³-hybridized carbons (Fsp3) is 0.233. The van der Waals surface area contributed by atoms with E-state index in [1.807, 2.05) is 6.08 Å². The number of imide groups is 1. The summed E-state index contributed by atoms with van der Waals surface area (Å²) in [5.74, 6) is -4.09. The number of allylic oxidation sites excluding steroid dienone is 6. The lowest BCUT2D eigenvalue weighted by Crippen LogP contribution is -2.39. The van der Waals surface area contributed by atoms with Crippen LogP contribution in [0.1, 0.15) is 41.6 Å². The molecule has 1 saturated heterocycles. The number of Topliss-reactive ketones (excluding diaryl/α,β-unsaturated/α-hetero) is 2. The molecule has 1 fully saturated rings. The van der Waals surface area contributed by atoms with Crippen molar-refractivity contribution in [1.29, 1.82) is 0 Å². The van der Waals surface area contributed by atoms with E-state index in [4.69, 9.17) is 11.6 Å². The maximum atomic E-state index is 13.9. The average molecular weight is 607 g/mol. The Morgan fingerprint density at radius 3 is 2.41 bits per heavy atom. The number of hydrogen-bond acceptors (Lipinski definition) is 6. The molecule has 0 aromatic heterocycles. The Balaban J connectivity index is 1.46. The molecule has 7 nitrogen and oxygen atoms in total. The Hall–Kier alpha value is -3.62. The first-order valence-electron chi connectivity index (χ1n) is 12.4. The van der Waals surface area contributed by atoms with Gasteiger partial charge in [-0.15, -0.1) is 0 Å². The van der Waals surface area contributed by atoms with Gasteiger partial charge in [0.25, 0.3) is 0 Å². The molecule has 6 rings (SSSR count). The zero-order valence-corrected chi connectivity index (χ0v) is 23.0. The van der Waals surface area contributed by atoms with Crippen molar-refractivity contribution in [3.8, 4) is 5.75 Å². The van der Waals surface area contributed by atoms with Crippen molar-refractivity contribution >= 4 is 62.4 Å². The van der Waals surface area contributed by atoms with E-state index in [1.165, 1.54) is 30.0 Å². The second kappa shape index (κ2) is 9.24. The monoisotopic (exact) mass is 605 g/mol. The first-order chi connectivity index (χ1) is 18.6. The number of amides is 2. The Labute approximate surface area is 236 Å². The number of phenolic OH excluding ortho intramolecular Hbond substituents is 1. The molecular weight excluding hydrogens is 586 g/mol. The fourth-order valence-corrected chi connectivity index (χ4v) is 7.14. The molecule has 3 aliphatic carbocycles. The summed E-state index contributed by atoms with van der Waals surface area (Å²) < 4.78 is 0.141. The first-order valence-corrected chi connectivity index (χ1v) is 13.6. The van der Waals surface area contributed by atoms with Crippen LogP contribution in [0.2, 0.25) is 5.02 Å². The van der Waals surface area contributed by atoms with Gasteiger partial charge in [-0.3, -0.25) is 28.9 Å². The molecule has 0 spiro atoms. The molecule has 39 heavy (non-hydrogen) atoms. The number of anilines is 1. The minimum Gasteiger partial charge on any atom is -0.508 e. The van der Waals surface area contributed by atoms with Crippen LogP contribution in [0.5, 0.6) is 5.75 Å². The third-order valence-corrected chi connectivity index (χ3v) is 9.07. The van der Waals surface area contributed by atoms with Crippen LogP contribution in [0.15, 0.2) is 75.8 Å². The summed E-state index contributed by atoms with van der Waals surface area (Å²) in [5, 5.41) is 10.2. The zero-order chi connectivity index (χ0) is 27.7. The molecule has 1 heterocycles. The van der Waals surface area contributed by atoms with E-state index in [9.17, 15) is 29.1 Å². The molecule has 0 saturated carbocycles. The van der Waals surface area contributed by atoms with Crippen LogP contribution in [0.25, 0.3) is 0 Å². The van der Waals surface area contributed by atoms with Crippen LogP contribution in [-0.2, 0) is 19.2 Å². The molecule has 2 aromatic rings. The molecule has 1 N–H and O–H groups in total. The average Bonchev–Trinajstić information content (AvgIpc) is 3.16. The third-order valence-electron chi connectivity index (χ3n) is 8.16. The highest BCUT2D eigenvalue weighted by atomic mass is 79.9. The van der Waals surface area contributed by atoms with E-state index in [2.05, 4.69) is 15.9 Å². The minimum absolute atomic E-state index is 0.0420. The van der Waals surface area contributed by atoms with Gasteiger partial charge in [0.2, 0.25) is 11.8 Å². The number of aromatic hydroxyl groups is 1. The highest BCUT2D eigenvalue weighted by Gasteiger charge is 2.56. The van der Waals surface area contributed by atoms with E-state index in [0.29, 0.717) is 34.4 Å². The van der Waals surface area contributed by atoms with Crippen molar-refractivity contribution in [2.75, 3.05) is 4.90 Å². The van der Waals surface area contributed by atoms with E-state index < -0.39 is 23.7 Å². The van der Waals surface area contributed by atoms with Crippen molar-refractivity contribution < 1.29 is 29.1 Å².